The van der Waals surface area contributed by atoms with Crippen LogP contribution in [0.4, 0.5) is 10.2 Å². The van der Waals surface area contributed by atoms with Crippen molar-refractivity contribution >= 4 is 16.9 Å². The van der Waals surface area contributed by atoms with E-state index in [0.29, 0.717) is 5.52 Å². The van der Waals surface area contributed by atoms with Crippen molar-refractivity contribution < 1.29 is 4.39 Å². The van der Waals surface area contributed by atoms with E-state index < -0.39 is 0 Å². The summed E-state index contributed by atoms with van der Waals surface area (Å²) in [6.07, 6.45) is 5.61. The first-order valence-electron chi connectivity index (χ1n) is 7.66. The Hall–Kier alpha value is -2.43. The number of anilines is 1. The third-order valence-corrected chi connectivity index (χ3v) is 4.15. The molecule has 1 aliphatic heterocycles. The normalized spacial score (nSPS) is 15.4. The maximum absolute atomic E-state index is 13.2. The molecule has 112 valence electrons. The molecule has 1 N–H and O–H groups in total. The van der Waals surface area contributed by atoms with Crippen molar-refractivity contribution in [3.8, 4) is 11.4 Å². The number of hydrogen-bond acceptors (Lipinski definition) is 3. The first-order chi connectivity index (χ1) is 10.8. The first kappa shape index (κ1) is 13.2. The van der Waals surface area contributed by atoms with Crippen LogP contribution in [0.1, 0.15) is 19.3 Å². The number of nitrogens with zero attached hydrogens (tertiary/aromatic N) is 3. The second-order valence-electron chi connectivity index (χ2n) is 5.70. The Morgan fingerprint density at radius 1 is 1.05 bits per heavy atom. The number of nitrogens with one attached hydrogen (secondary N) is 1. The number of pyridine rings is 1. The average Bonchev–Trinajstić information content (AvgIpc) is 2.99. The Morgan fingerprint density at radius 2 is 1.91 bits per heavy atom. The molecule has 0 atom stereocenters. The van der Waals surface area contributed by atoms with Crippen LogP contribution in [0.5, 0.6) is 0 Å². The third-order valence-electron chi connectivity index (χ3n) is 4.15. The van der Waals surface area contributed by atoms with Crippen molar-refractivity contribution in [2.75, 3.05) is 18.0 Å². The minimum Gasteiger partial charge on any atom is -0.357 e. The van der Waals surface area contributed by atoms with Crippen LogP contribution < -0.4 is 4.90 Å². The maximum Gasteiger partial charge on any atom is 0.140 e. The van der Waals surface area contributed by atoms with Gasteiger partial charge < -0.3 is 9.88 Å². The summed E-state index contributed by atoms with van der Waals surface area (Å²) in [5.74, 6) is 1.48. The number of rotatable bonds is 2. The fourth-order valence-electron chi connectivity index (χ4n) is 2.95. The monoisotopic (exact) mass is 296 g/mol. The van der Waals surface area contributed by atoms with Gasteiger partial charge >= 0.3 is 0 Å². The Balaban J connectivity index is 1.63. The van der Waals surface area contributed by atoms with E-state index in [-0.39, 0.29) is 5.82 Å². The Morgan fingerprint density at radius 3 is 2.68 bits per heavy atom. The molecule has 22 heavy (non-hydrogen) atoms. The minimum absolute atomic E-state index is 0.263. The van der Waals surface area contributed by atoms with Crippen LogP contribution in [-0.2, 0) is 0 Å². The number of piperidine rings is 1. The number of H-pyrrole nitrogens is 1. The lowest BCUT2D eigenvalue weighted by Gasteiger charge is -2.27. The van der Waals surface area contributed by atoms with Gasteiger partial charge in [-0.3, -0.25) is 0 Å². The summed E-state index contributed by atoms with van der Waals surface area (Å²) >= 11 is 0. The summed E-state index contributed by atoms with van der Waals surface area (Å²) in [6, 6.07) is 8.62. The van der Waals surface area contributed by atoms with Gasteiger partial charge in [0.05, 0.1) is 11.0 Å². The van der Waals surface area contributed by atoms with Gasteiger partial charge in [0.1, 0.15) is 17.5 Å². The maximum atomic E-state index is 13.2. The summed E-state index contributed by atoms with van der Waals surface area (Å²) in [7, 11) is 0. The second kappa shape index (κ2) is 5.40. The van der Waals surface area contributed by atoms with Gasteiger partial charge in [-0.25, -0.2) is 14.4 Å². The molecule has 1 aliphatic rings. The van der Waals surface area contributed by atoms with Crippen LogP contribution in [0.3, 0.4) is 0 Å². The number of halogens is 1. The molecule has 1 fully saturated rings. The largest absolute Gasteiger partial charge is 0.357 e. The van der Waals surface area contributed by atoms with E-state index in [0.717, 1.165) is 35.8 Å². The molecule has 0 spiro atoms. The van der Waals surface area contributed by atoms with Gasteiger partial charge in [-0.2, -0.15) is 0 Å². The fraction of sp³-hybridized carbons (Fsp3) is 0.294. The van der Waals surface area contributed by atoms with E-state index in [2.05, 4.69) is 19.9 Å². The summed E-state index contributed by atoms with van der Waals surface area (Å²) < 4.78 is 13.2. The van der Waals surface area contributed by atoms with Crippen molar-refractivity contribution in [2.45, 2.75) is 19.3 Å². The molecule has 0 saturated carbocycles. The lowest BCUT2D eigenvalue weighted by atomic mass is 10.1. The highest BCUT2D eigenvalue weighted by molar-refractivity contribution is 5.79. The quantitative estimate of drug-likeness (QED) is 0.783. The molecule has 1 saturated heterocycles. The van der Waals surface area contributed by atoms with Crippen LogP contribution in [0.2, 0.25) is 0 Å². The van der Waals surface area contributed by atoms with E-state index in [9.17, 15) is 4.39 Å². The van der Waals surface area contributed by atoms with Crippen molar-refractivity contribution in [1.82, 2.24) is 15.0 Å². The zero-order valence-corrected chi connectivity index (χ0v) is 12.2. The molecule has 4 nitrogen and oxygen atoms in total. The fourth-order valence-corrected chi connectivity index (χ4v) is 2.95. The van der Waals surface area contributed by atoms with Crippen molar-refractivity contribution in [1.29, 1.82) is 0 Å². The molecule has 1 aromatic carbocycles. The van der Waals surface area contributed by atoms with Gasteiger partial charge in [0.25, 0.3) is 0 Å². The molecule has 0 aliphatic carbocycles. The number of hydrogen-bond donors (Lipinski definition) is 1. The summed E-state index contributed by atoms with van der Waals surface area (Å²) in [5, 5.41) is 0. The summed E-state index contributed by atoms with van der Waals surface area (Å²) in [5.41, 5.74) is 2.38. The van der Waals surface area contributed by atoms with Gasteiger partial charge in [0.2, 0.25) is 0 Å². The molecule has 0 amide bonds. The topological polar surface area (TPSA) is 44.8 Å². The van der Waals surface area contributed by atoms with E-state index in [1.54, 1.807) is 6.07 Å². The summed E-state index contributed by atoms with van der Waals surface area (Å²) in [6.45, 7) is 2.16. The first-order valence-corrected chi connectivity index (χ1v) is 7.66. The van der Waals surface area contributed by atoms with Gasteiger partial charge in [-0.1, -0.05) is 0 Å². The van der Waals surface area contributed by atoms with Gasteiger partial charge in [-0.15, -0.1) is 0 Å². The molecule has 3 heterocycles. The van der Waals surface area contributed by atoms with E-state index >= 15 is 0 Å². The lowest BCUT2D eigenvalue weighted by molar-refractivity contribution is 0.573. The lowest BCUT2D eigenvalue weighted by Crippen LogP contribution is -2.29. The highest BCUT2D eigenvalue weighted by Crippen LogP contribution is 2.23. The Kier molecular flexibility index (Phi) is 3.25. The van der Waals surface area contributed by atoms with E-state index in [1.807, 2.05) is 18.3 Å². The molecule has 2 aromatic heterocycles. The van der Waals surface area contributed by atoms with Crippen molar-refractivity contribution in [2.24, 2.45) is 0 Å². The van der Waals surface area contributed by atoms with Gasteiger partial charge in [-0.05, 0) is 49.6 Å². The molecule has 0 unspecified atom stereocenters. The molecule has 4 rings (SSSR count). The second-order valence-corrected chi connectivity index (χ2v) is 5.70. The molecule has 3 aromatic rings. The smallest absolute Gasteiger partial charge is 0.140 e. The number of aromatic amines is 1. The number of fused-ring (bicyclic) bond motifs is 1. The predicted octanol–water partition coefficient (Wildman–Crippen LogP) is 3.75. The van der Waals surface area contributed by atoms with Crippen LogP contribution in [0.25, 0.3) is 22.4 Å². The molecule has 0 radical (unpaired) electrons. The molecular formula is C17H17FN4. The molecule has 0 bridgehead atoms. The SMILES string of the molecule is Fc1ccc2nc(-c3ccc(N4CCCCC4)nc3)[nH]c2c1. The summed E-state index contributed by atoms with van der Waals surface area (Å²) in [4.78, 5) is 14.5. The Bertz CT molecular complexity index is 788. The number of benzene rings is 1. The van der Waals surface area contributed by atoms with Crippen molar-refractivity contribution in [3.63, 3.8) is 0 Å². The number of aromatic nitrogens is 3. The molecular weight excluding hydrogens is 279 g/mol. The van der Waals surface area contributed by atoms with Crippen LogP contribution >= 0.6 is 0 Å². The van der Waals surface area contributed by atoms with Crippen LogP contribution in [-0.4, -0.2) is 28.0 Å². The standard InChI is InChI=1S/C17H17FN4/c18-13-5-6-14-15(10-13)21-17(20-14)12-4-7-16(19-11-12)22-8-2-1-3-9-22/h4-7,10-11H,1-3,8-9H2,(H,20,21). The highest BCUT2D eigenvalue weighted by atomic mass is 19.1. The van der Waals surface area contributed by atoms with Crippen LogP contribution in [0.15, 0.2) is 36.5 Å². The van der Waals surface area contributed by atoms with Gasteiger partial charge in [0, 0.05) is 24.8 Å². The zero-order valence-electron chi connectivity index (χ0n) is 12.2. The molecule has 5 heteroatoms. The third kappa shape index (κ3) is 2.43. The highest BCUT2D eigenvalue weighted by Gasteiger charge is 2.12. The zero-order chi connectivity index (χ0) is 14.9. The predicted molar refractivity (Wildman–Crippen MR) is 85.3 cm³/mol. The van der Waals surface area contributed by atoms with E-state index in [1.165, 1.54) is 31.4 Å². The number of imidazole rings is 1. The Labute approximate surface area is 128 Å². The van der Waals surface area contributed by atoms with E-state index in [4.69, 9.17) is 0 Å². The van der Waals surface area contributed by atoms with Crippen molar-refractivity contribution in [3.05, 3.63) is 42.3 Å². The van der Waals surface area contributed by atoms with Gasteiger partial charge in [0.15, 0.2) is 0 Å². The average molecular weight is 296 g/mol. The van der Waals surface area contributed by atoms with Crippen LogP contribution in [0, 0.1) is 5.82 Å². The minimum atomic E-state index is -0.263.